The lowest BCUT2D eigenvalue weighted by Crippen LogP contribution is -1.83. The van der Waals surface area contributed by atoms with Gasteiger partial charge in [0.15, 0.2) is 29.5 Å². The van der Waals surface area contributed by atoms with E-state index in [9.17, 15) is 0 Å². The topological polar surface area (TPSA) is 64.4 Å². The highest BCUT2D eigenvalue weighted by molar-refractivity contribution is 6.09. The van der Waals surface area contributed by atoms with Crippen molar-refractivity contribution >= 4 is 34.1 Å². The summed E-state index contributed by atoms with van der Waals surface area (Å²) in [6.07, 6.45) is 5.45. The number of benzene rings is 1. The van der Waals surface area contributed by atoms with E-state index in [0.29, 0.717) is 16.7 Å². The first kappa shape index (κ1) is 7.17. The molecule has 0 amide bonds. The van der Waals surface area contributed by atoms with Crippen LogP contribution in [0.4, 0.5) is 5.69 Å². The Labute approximate surface area is 83.4 Å². The van der Waals surface area contributed by atoms with Crippen molar-refractivity contribution < 1.29 is 8.83 Å². The van der Waals surface area contributed by atoms with Gasteiger partial charge in [0, 0.05) is 18.2 Å². The van der Waals surface area contributed by atoms with Crippen LogP contribution < -0.4 is 0 Å². The van der Waals surface area contributed by atoms with Gasteiger partial charge >= 0.3 is 0 Å². The van der Waals surface area contributed by atoms with E-state index in [4.69, 9.17) is 8.83 Å². The summed E-state index contributed by atoms with van der Waals surface area (Å²) in [6, 6.07) is 0. The Morgan fingerprint density at radius 2 is 1.80 bits per heavy atom. The van der Waals surface area contributed by atoms with E-state index in [1.807, 2.05) is 6.21 Å². The normalized spacial score (nSPS) is 14.1. The molecule has 3 aromatic rings. The highest BCUT2D eigenvalue weighted by Gasteiger charge is 2.22. The number of oxazole rings is 2. The van der Waals surface area contributed by atoms with Gasteiger partial charge in [0.25, 0.3) is 0 Å². The van der Waals surface area contributed by atoms with Gasteiger partial charge in [-0.1, -0.05) is 0 Å². The van der Waals surface area contributed by atoms with Crippen LogP contribution in [0.15, 0.2) is 26.6 Å². The molecule has 0 unspecified atom stereocenters. The molecular weight excluding hydrogens is 194 g/mol. The number of aliphatic imine (C=N–C) groups is 1. The van der Waals surface area contributed by atoms with Crippen LogP contribution in [0.25, 0.3) is 22.2 Å². The van der Waals surface area contributed by atoms with Crippen molar-refractivity contribution in [3.05, 3.63) is 18.4 Å². The van der Waals surface area contributed by atoms with E-state index in [1.165, 1.54) is 12.8 Å². The minimum atomic E-state index is 0.683. The number of fused-ring (bicyclic) bond motifs is 6. The maximum Gasteiger partial charge on any atom is 0.184 e. The molecule has 0 saturated heterocycles. The third kappa shape index (κ3) is 0.721. The zero-order chi connectivity index (χ0) is 9.83. The fraction of sp³-hybridized carbons (Fsp3) is 0.100. The van der Waals surface area contributed by atoms with Crippen LogP contribution >= 0.6 is 0 Å². The van der Waals surface area contributed by atoms with Gasteiger partial charge in [-0.2, -0.15) is 0 Å². The molecule has 1 aliphatic rings. The maximum atomic E-state index is 5.33. The number of rotatable bonds is 0. The minimum Gasteiger partial charge on any atom is -0.441 e. The average Bonchev–Trinajstić information content (AvgIpc) is 2.97. The van der Waals surface area contributed by atoms with Crippen LogP contribution in [0.3, 0.4) is 0 Å². The quantitative estimate of drug-likeness (QED) is 0.556. The van der Waals surface area contributed by atoms with Crippen molar-refractivity contribution in [3.8, 4) is 0 Å². The van der Waals surface area contributed by atoms with Crippen LogP contribution in [0.1, 0.15) is 5.56 Å². The molecule has 0 atom stereocenters. The predicted molar refractivity (Wildman–Crippen MR) is 53.4 cm³/mol. The van der Waals surface area contributed by atoms with Crippen molar-refractivity contribution in [2.24, 2.45) is 4.99 Å². The van der Waals surface area contributed by atoms with Crippen LogP contribution in [0.5, 0.6) is 0 Å². The van der Waals surface area contributed by atoms with Crippen LogP contribution in [0, 0.1) is 0 Å². The first-order valence-electron chi connectivity index (χ1n) is 4.59. The summed E-state index contributed by atoms with van der Waals surface area (Å²) in [5, 5.41) is 0. The van der Waals surface area contributed by atoms with E-state index in [-0.39, 0.29) is 0 Å². The number of hydrogen-bond acceptors (Lipinski definition) is 5. The predicted octanol–water partition coefficient (Wildman–Crippen LogP) is 2.23. The van der Waals surface area contributed by atoms with Crippen LogP contribution in [0.2, 0.25) is 0 Å². The monoisotopic (exact) mass is 199 g/mol. The Bertz CT molecular complexity index is 708. The van der Waals surface area contributed by atoms with Gasteiger partial charge < -0.3 is 8.83 Å². The lowest BCUT2D eigenvalue weighted by molar-refractivity contribution is 0.601. The first-order chi connectivity index (χ1) is 7.45. The average molecular weight is 199 g/mol. The number of nitrogens with zero attached hydrogens (tertiary/aromatic N) is 3. The first-order valence-corrected chi connectivity index (χ1v) is 4.59. The van der Waals surface area contributed by atoms with E-state index < -0.39 is 0 Å². The Morgan fingerprint density at radius 1 is 1.00 bits per heavy atom. The Kier molecular flexibility index (Phi) is 1.08. The van der Waals surface area contributed by atoms with Crippen LogP contribution in [-0.2, 0) is 6.42 Å². The molecule has 5 nitrogen and oxygen atoms in total. The smallest absolute Gasteiger partial charge is 0.184 e. The number of aromatic nitrogens is 2. The molecular formula is C10H5N3O2. The van der Waals surface area contributed by atoms with Gasteiger partial charge in [-0.25, -0.2) is 9.97 Å². The molecule has 15 heavy (non-hydrogen) atoms. The molecule has 0 saturated carbocycles. The molecule has 0 bridgehead atoms. The van der Waals surface area contributed by atoms with E-state index in [0.717, 1.165) is 23.2 Å². The van der Waals surface area contributed by atoms with Crippen molar-refractivity contribution in [3.63, 3.8) is 0 Å². The molecule has 0 spiro atoms. The molecule has 0 fully saturated rings. The van der Waals surface area contributed by atoms with Gasteiger partial charge in [-0.05, 0) is 0 Å². The van der Waals surface area contributed by atoms with Crippen LogP contribution in [-0.4, -0.2) is 16.2 Å². The molecule has 3 heterocycles. The van der Waals surface area contributed by atoms with Crippen molar-refractivity contribution in [2.45, 2.75) is 6.42 Å². The third-order valence-electron chi connectivity index (χ3n) is 2.65. The minimum absolute atomic E-state index is 0.683. The second-order valence-corrected chi connectivity index (χ2v) is 3.40. The highest BCUT2D eigenvalue weighted by atomic mass is 16.3. The standard InChI is InChI=1S/C10H5N3O2/c1-2-11-6-5(1)7-10(14-3-12-7)8-9(6)15-4-13-8/h2-4H,1H2. The molecule has 2 aromatic heterocycles. The van der Waals surface area contributed by atoms with Gasteiger partial charge in [-0.15, -0.1) is 0 Å². The van der Waals surface area contributed by atoms with Gasteiger partial charge in [0.2, 0.25) is 0 Å². The summed E-state index contributed by atoms with van der Waals surface area (Å²) >= 11 is 0. The van der Waals surface area contributed by atoms with Crippen molar-refractivity contribution in [1.82, 2.24) is 9.97 Å². The molecule has 1 aromatic carbocycles. The fourth-order valence-electron chi connectivity index (χ4n) is 2.01. The summed E-state index contributed by atoms with van der Waals surface area (Å²) in [5.41, 5.74) is 4.79. The molecule has 4 rings (SSSR count). The molecule has 1 aliphatic heterocycles. The highest BCUT2D eigenvalue weighted by Crippen LogP contribution is 2.39. The second kappa shape index (κ2) is 2.25. The number of hydrogen-bond donors (Lipinski definition) is 0. The lowest BCUT2D eigenvalue weighted by Gasteiger charge is -1.97. The maximum absolute atomic E-state index is 5.33. The van der Waals surface area contributed by atoms with Crippen molar-refractivity contribution in [2.75, 3.05) is 0 Å². The van der Waals surface area contributed by atoms with Gasteiger partial charge in [0.1, 0.15) is 11.2 Å². The van der Waals surface area contributed by atoms with E-state index in [1.54, 1.807) is 0 Å². The summed E-state index contributed by atoms with van der Waals surface area (Å²) in [6.45, 7) is 0. The Morgan fingerprint density at radius 3 is 2.73 bits per heavy atom. The summed E-state index contributed by atoms with van der Waals surface area (Å²) in [4.78, 5) is 12.6. The summed E-state index contributed by atoms with van der Waals surface area (Å²) < 4.78 is 10.7. The fourth-order valence-corrected chi connectivity index (χ4v) is 2.01. The molecule has 0 N–H and O–H groups in total. The zero-order valence-electron chi connectivity index (χ0n) is 7.60. The van der Waals surface area contributed by atoms with Gasteiger partial charge in [-0.3, -0.25) is 4.99 Å². The summed E-state index contributed by atoms with van der Waals surface area (Å²) in [7, 11) is 0. The molecule has 0 aliphatic carbocycles. The third-order valence-corrected chi connectivity index (χ3v) is 2.65. The van der Waals surface area contributed by atoms with Gasteiger partial charge in [0.05, 0.1) is 0 Å². The zero-order valence-corrected chi connectivity index (χ0v) is 7.60. The largest absolute Gasteiger partial charge is 0.441 e. The molecule has 0 radical (unpaired) electrons. The van der Waals surface area contributed by atoms with E-state index in [2.05, 4.69) is 15.0 Å². The van der Waals surface area contributed by atoms with E-state index >= 15 is 0 Å². The Balaban J connectivity index is 2.41. The second-order valence-electron chi connectivity index (χ2n) is 3.40. The molecule has 72 valence electrons. The lowest BCUT2D eigenvalue weighted by atomic mass is 10.1. The molecule has 5 heteroatoms. The Hall–Kier alpha value is -2.17. The SMILES string of the molecule is C1=Nc2c(c3ncoc3c3ncoc23)C1. The summed E-state index contributed by atoms with van der Waals surface area (Å²) in [5.74, 6) is 0. The van der Waals surface area contributed by atoms with Crippen molar-refractivity contribution in [1.29, 1.82) is 0 Å².